The van der Waals surface area contributed by atoms with Gasteiger partial charge in [0.2, 0.25) is 0 Å². The third-order valence-electron chi connectivity index (χ3n) is 3.33. The topological polar surface area (TPSA) is 21.3 Å². The van der Waals surface area contributed by atoms with Crippen molar-refractivity contribution < 1.29 is 4.74 Å². The van der Waals surface area contributed by atoms with Gasteiger partial charge in [-0.3, -0.25) is 0 Å². The van der Waals surface area contributed by atoms with Gasteiger partial charge in [-0.25, -0.2) is 0 Å². The fraction of sp³-hybridized carbons (Fsp3) is 0.429. The summed E-state index contributed by atoms with van der Waals surface area (Å²) >= 11 is 1.80. The highest BCUT2D eigenvalue weighted by Gasteiger charge is 2.14. The second kappa shape index (κ2) is 5.17. The van der Waals surface area contributed by atoms with Gasteiger partial charge in [0.05, 0.1) is 13.2 Å². The Morgan fingerprint density at radius 1 is 1.35 bits per heavy atom. The Labute approximate surface area is 106 Å². The molecular weight excluding hydrogens is 230 g/mol. The first kappa shape index (κ1) is 11.2. The molecule has 2 aromatic rings. The molecule has 17 heavy (non-hydrogen) atoms. The summed E-state index contributed by atoms with van der Waals surface area (Å²) in [7, 11) is 0. The minimum Gasteiger partial charge on any atom is -0.376 e. The molecule has 0 bridgehead atoms. The summed E-state index contributed by atoms with van der Waals surface area (Å²) in [5.74, 6) is 0.708. The third kappa shape index (κ3) is 2.51. The summed E-state index contributed by atoms with van der Waals surface area (Å²) in [6.07, 6.45) is 1.25. The first-order valence-electron chi connectivity index (χ1n) is 6.17. The van der Waals surface area contributed by atoms with Gasteiger partial charge in [0.25, 0.3) is 0 Å². The summed E-state index contributed by atoms with van der Waals surface area (Å²) in [4.78, 5) is 0. The number of fused-ring (bicyclic) bond motifs is 1. The Morgan fingerprint density at radius 3 is 3.18 bits per heavy atom. The summed E-state index contributed by atoms with van der Waals surface area (Å²) < 4.78 is 7.19. The molecule has 1 aliphatic rings. The SMILES string of the molecule is c1ccc2c(COCC3CCNC3)csc2c1. The molecule has 2 heterocycles. The van der Waals surface area contributed by atoms with E-state index in [1.54, 1.807) is 11.3 Å². The van der Waals surface area contributed by atoms with Crippen LogP contribution >= 0.6 is 11.3 Å². The van der Waals surface area contributed by atoms with E-state index in [1.807, 2.05) is 0 Å². The molecule has 90 valence electrons. The van der Waals surface area contributed by atoms with Crippen molar-refractivity contribution in [3.8, 4) is 0 Å². The average Bonchev–Trinajstić information content (AvgIpc) is 2.99. The molecule has 0 aliphatic carbocycles. The van der Waals surface area contributed by atoms with E-state index in [0.717, 1.165) is 26.3 Å². The maximum Gasteiger partial charge on any atom is 0.0731 e. The molecule has 0 amide bonds. The lowest BCUT2D eigenvalue weighted by Crippen LogP contribution is -2.13. The third-order valence-corrected chi connectivity index (χ3v) is 4.35. The van der Waals surface area contributed by atoms with Gasteiger partial charge in [-0.05, 0) is 41.3 Å². The molecule has 1 N–H and O–H groups in total. The number of hydrogen-bond acceptors (Lipinski definition) is 3. The highest BCUT2D eigenvalue weighted by Crippen LogP contribution is 2.26. The van der Waals surface area contributed by atoms with Gasteiger partial charge in [-0.1, -0.05) is 18.2 Å². The minimum atomic E-state index is 0.708. The van der Waals surface area contributed by atoms with Crippen molar-refractivity contribution >= 4 is 21.4 Å². The lowest BCUT2D eigenvalue weighted by Gasteiger charge is -2.08. The Morgan fingerprint density at radius 2 is 2.29 bits per heavy atom. The van der Waals surface area contributed by atoms with Crippen molar-refractivity contribution in [2.75, 3.05) is 19.7 Å². The fourth-order valence-corrected chi connectivity index (χ4v) is 3.28. The molecule has 1 aromatic heterocycles. The van der Waals surface area contributed by atoms with Crippen molar-refractivity contribution in [3.63, 3.8) is 0 Å². The molecule has 1 atom stereocenters. The van der Waals surface area contributed by atoms with Crippen LogP contribution in [0, 0.1) is 5.92 Å². The maximum absolute atomic E-state index is 5.84. The van der Waals surface area contributed by atoms with Crippen LogP contribution < -0.4 is 5.32 Å². The lowest BCUT2D eigenvalue weighted by molar-refractivity contribution is 0.0934. The van der Waals surface area contributed by atoms with E-state index in [4.69, 9.17) is 4.74 Å². The Hall–Kier alpha value is -0.900. The van der Waals surface area contributed by atoms with Crippen LogP contribution in [0.1, 0.15) is 12.0 Å². The monoisotopic (exact) mass is 247 g/mol. The largest absolute Gasteiger partial charge is 0.376 e. The smallest absolute Gasteiger partial charge is 0.0731 e. The van der Waals surface area contributed by atoms with E-state index < -0.39 is 0 Å². The van der Waals surface area contributed by atoms with Crippen LogP contribution in [0.4, 0.5) is 0 Å². The van der Waals surface area contributed by atoms with E-state index in [0.29, 0.717) is 5.92 Å². The molecule has 3 heteroatoms. The van der Waals surface area contributed by atoms with E-state index in [2.05, 4.69) is 35.0 Å². The van der Waals surface area contributed by atoms with E-state index in [-0.39, 0.29) is 0 Å². The van der Waals surface area contributed by atoms with Gasteiger partial charge in [-0.15, -0.1) is 11.3 Å². The fourth-order valence-electron chi connectivity index (χ4n) is 2.34. The molecule has 1 fully saturated rings. The molecule has 1 aliphatic heterocycles. The van der Waals surface area contributed by atoms with Crippen LogP contribution in [0.3, 0.4) is 0 Å². The summed E-state index contributed by atoms with van der Waals surface area (Å²) in [5, 5.41) is 6.94. The molecule has 1 saturated heterocycles. The lowest BCUT2D eigenvalue weighted by atomic mass is 10.1. The van der Waals surface area contributed by atoms with Crippen molar-refractivity contribution in [3.05, 3.63) is 35.2 Å². The Kier molecular flexibility index (Phi) is 3.41. The average molecular weight is 247 g/mol. The summed E-state index contributed by atoms with van der Waals surface area (Å²) in [5.41, 5.74) is 1.33. The zero-order valence-corrected chi connectivity index (χ0v) is 10.6. The number of benzene rings is 1. The van der Waals surface area contributed by atoms with Gasteiger partial charge >= 0.3 is 0 Å². The number of ether oxygens (including phenoxy) is 1. The molecule has 2 nitrogen and oxygen atoms in total. The molecule has 1 aromatic carbocycles. The summed E-state index contributed by atoms with van der Waals surface area (Å²) in [6, 6.07) is 8.54. The van der Waals surface area contributed by atoms with Crippen LogP contribution in [0.2, 0.25) is 0 Å². The van der Waals surface area contributed by atoms with Crippen molar-refractivity contribution in [2.24, 2.45) is 5.92 Å². The maximum atomic E-state index is 5.84. The zero-order chi connectivity index (χ0) is 11.5. The predicted octanol–water partition coefficient (Wildman–Crippen LogP) is 3.03. The highest BCUT2D eigenvalue weighted by atomic mass is 32.1. The second-order valence-corrected chi connectivity index (χ2v) is 5.54. The molecule has 0 saturated carbocycles. The minimum absolute atomic E-state index is 0.708. The van der Waals surface area contributed by atoms with Gasteiger partial charge in [0.15, 0.2) is 0 Å². The van der Waals surface area contributed by atoms with E-state index in [1.165, 1.54) is 22.1 Å². The number of hydrogen-bond donors (Lipinski definition) is 1. The zero-order valence-electron chi connectivity index (χ0n) is 9.82. The van der Waals surface area contributed by atoms with Crippen LogP contribution in [0.15, 0.2) is 29.6 Å². The van der Waals surface area contributed by atoms with Gasteiger partial charge < -0.3 is 10.1 Å². The molecule has 1 unspecified atom stereocenters. The van der Waals surface area contributed by atoms with E-state index >= 15 is 0 Å². The van der Waals surface area contributed by atoms with E-state index in [9.17, 15) is 0 Å². The second-order valence-electron chi connectivity index (χ2n) is 4.63. The Bertz CT molecular complexity index is 488. The quantitative estimate of drug-likeness (QED) is 0.896. The van der Waals surface area contributed by atoms with Crippen LogP contribution in [0.5, 0.6) is 0 Å². The standard InChI is InChI=1S/C14H17NOS/c1-2-4-14-13(3-1)12(10-17-14)9-16-8-11-5-6-15-7-11/h1-4,10-11,15H,5-9H2. The number of rotatable bonds is 4. The first-order valence-corrected chi connectivity index (χ1v) is 7.05. The normalized spacial score (nSPS) is 20.1. The highest BCUT2D eigenvalue weighted by molar-refractivity contribution is 7.17. The Balaban J connectivity index is 1.60. The van der Waals surface area contributed by atoms with Gasteiger partial charge in [0, 0.05) is 11.2 Å². The molecule has 3 rings (SSSR count). The van der Waals surface area contributed by atoms with Crippen LogP contribution in [0.25, 0.3) is 10.1 Å². The first-order chi connectivity index (χ1) is 8.43. The van der Waals surface area contributed by atoms with Crippen LogP contribution in [-0.4, -0.2) is 19.7 Å². The molecular formula is C14H17NOS. The summed E-state index contributed by atoms with van der Waals surface area (Å²) in [6.45, 7) is 3.90. The number of thiophene rings is 1. The van der Waals surface area contributed by atoms with Gasteiger partial charge in [0.1, 0.15) is 0 Å². The molecule has 0 spiro atoms. The molecule has 0 radical (unpaired) electrons. The van der Waals surface area contributed by atoms with Crippen molar-refractivity contribution in [1.82, 2.24) is 5.32 Å². The van der Waals surface area contributed by atoms with Crippen molar-refractivity contribution in [2.45, 2.75) is 13.0 Å². The van der Waals surface area contributed by atoms with Gasteiger partial charge in [-0.2, -0.15) is 0 Å². The number of nitrogens with one attached hydrogen (secondary N) is 1. The predicted molar refractivity (Wildman–Crippen MR) is 72.5 cm³/mol. The van der Waals surface area contributed by atoms with Crippen molar-refractivity contribution in [1.29, 1.82) is 0 Å². The van der Waals surface area contributed by atoms with Crippen LogP contribution in [-0.2, 0) is 11.3 Å².